The molecule has 0 aliphatic rings. The topological polar surface area (TPSA) is 60.0 Å². The van der Waals surface area contributed by atoms with Crippen LogP contribution in [0.5, 0.6) is 11.5 Å². The molecule has 2 aromatic carbocycles. The molecule has 0 bridgehead atoms. The number of methoxy groups -OCH3 is 1. The van der Waals surface area contributed by atoms with Crippen LogP contribution in [0.1, 0.15) is 6.42 Å². The highest BCUT2D eigenvalue weighted by Gasteiger charge is 2.12. The zero-order chi connectivity index (χ0) is 18.4. The van der Waals surface area contributed by atoms with Crippen LogP contribution in [0.15, 0.2) is 47.6 Å². The standard InChI is InChI=1S/C18H17Cl2N3O2S/c1-24-16-8-5-13(20)11-15(16)17-21-18(23-22-17)26-10-2-9-25-14-6-3-12(19)4-7-14/h3-8,11H,2,9-10H2,1H3,(H,21,22,23). The summed E-state index contributed by atoms with van der Waals surface area (Å²) in [6, 6.07) is 12.7. The molecule has 136 valence electrons. The second-order valence-corrected chi connectivity index (χ2v) is 7.25. The van der Waals surface area contributed by atoms with Crippen LogP contribution in [0.3, 0.4) is 0 Å². The molecule has 0 aliphatic heterocycles. The second kappa shape index (κ2) is 9.16. The minimum atomic E-state index is 0.616. The van der Waals surface area contributed by atoms with Crippen LogP contribution >= 0.6 is 35.0 Å². The Hall–Kier alpha value is -1.89. The van der Waals surface area contributed by atoms with Crippen molar-refractivity contribution >= 4 is 35.0 Å². The van der Waals surface area contributed by atoms with Crippen LogP contribution in [-0.2, 0) is 0 Å². The van der Waals surface area contributed by atoms with Gasteiger partial charge in [0.2, 0.25) is 5.16 Å². The zero-order valence-electron chi connectivity index (χ0n) is 14.0. The Morgan fingerprint density at radius 3 is 2.62 bits per heavy atom. The molecule has 0 amide bonds. The summed E-state index contributed by atoms with van der Waals surface area (Å²) in [7, 11) is 1.61. The Bertz CT molecular complexity index is 856. The van der Waals surface area contributed by atoms with Crippen LogP contribution in [0.2, 0.25) is 10.0 Å². The van der Waals surface area contributed by atoms with Gasteiger partial charge in [0.1, 0.15) is 11.5 Å². The van der Waals surface area contributed by atoms with E-state index < -0.39 is 0 Å². The molecule has 1 heterocycles. The Labute approximate surface area is 166 Å². The Balaban J connectivity index is 1.50. The minimum Gasteiger partial charge on any atom is -0.496 e. The van der Waals surface area contributed by atoms with Gasteiger partial charge in [0.25, 0.3) is 0 Å². The van der Waals surface area contributed by atoms with Gasteiger partial charge < -0.3 is 9.47 Å². The van der Waals surface area contributed by atoms with Gasteiger partial charge >= 0.3 is 0 Å². The lowest BCUT2D eigenvalue weighted by Gasteiger charge is -2.05. The number of ether oxygens (including phenoxy) is 2. The monoisotopic (exact) mass is 409 g/mol. The number of rotatable bonds is 8. The average Bonchev–Trinajstić information content (AvgIpc) is 3.12. The maximum atomic E-state index is 6.06. The molecule has 0 fully saturated rings. The third-order valence-electron chi connectivity index (χ3n) is 3.48. The molecule has 0 aliphatic carbocycles. The van der Waals surface area contributed by atoms with Gasteiger partial charge in [0, 0.05) is 15.8 Å². The van der Waals surface area contributed by atoms with E-state index in [0.717, 1.165) is 23.5 Å². The highest BCUT2D eigenvalue weighted by molar-refractivity contribution is 7.99. The van der Waals surface area contributed by atoms with Gasteiger partial charge in [-0.3, -0.25) is 5.10 Å². The SMILES string of the molecule is COc1ccc(Cl)cc1-c1nc(SCCCOc2ccc(Cl)cc2)n[nH]1. The van der Waals surface area contributed by atoms with Crippen LogP contribution in [0, 0.1) is 0 Å². The Morgan fingerprint density at radius 2 is 1.85 bits per heavy atom. The van der Waals surface area contributed by atoms with Crippen LogP contribution in [0.25, 0.3) is 11.4 Å². The molecule has 0 spiro atoms. The van der Waals surface area contributed by atoms with Gasteiger partial charge in [0.05, 0.1) is 19.3 Å². The van der Waals surface area contributed by atoms with E-state index in [4.69, 9.17) is 32.7 Å². The van der Waals surface area contributed by atoms with Crippen molar-refractivity contribution in [2.45, 2.75) is 11.6 Å². The first-order valence-electron chi connectivity index (χ1n) is 7.93. The predicted octanol–water partition coefficient (Wildman–Crippen LogP) is 5.35. The second-order valence-electron chi connectivity index (χ2n) is 5.32. The lowest BCUT2D eigenvalue weighted by molar-refractivity contribution is 0.318. The van der Waals surface area contributed by atoms with Crippen molar-refractivity contribution < 1.29 is 9.47 Å². The molecule has 1 aromatic heterocycles. The molecule has 0 unspecified atom stereocenters. The van der Waals surface area contributed by atoms with Crippen molar-refractivity contribution in [1.82, 2.24) is 15.2 Å². The summed E-state index contributed by atoms with van der Waals surface area (Å²) >= 11 is 13.5. The fraction of sp³-hybridized carbons (Fsp3) is 0.222. The van der Waals surface area contributed by atoms with E-state index in [2.05, 4.69) is 15.2 Å². The number of nitrogens with zero attached hydrogens (tertiary/aromatic N) is 2. The van der Waals surface area contributed by atoms with Crippen molar-refractivity contribution in [3.05, 3.63) is 52.5 Å². The predicted molar refractivity (Wildman–Crippen MR) is 106 cm³/mol. The molecule has 3 rings (SSSR count). The van der Waals surface area contributed by atoms with Crippen LogP contribution < -0.4 is 9.47 Å². The van der Waals surface area contributed by atoms with Gasteiger partial charge in [-0.25, -0.2) is 4.98 Å². The summed E-state index contributed by atoms with van der Waals surface area (Å²) in [6.45, 7) is 0.619. The first-order chi connectivity index (χ1) is 12.7. The maximum absolute atomic E-state index is 6.06. The van der Waals surface area contributed by atoms with Gasteiger partial charge in [-0.15, -0.1) is 5.10 Å². The highest BCUT2D eigenvalue weighted by Crippen LogP contribution is 2.31. The third-order valence-corrected chi connectivity index (χ3v) is 4.90. The highest BCUT2D eigenvalue weighted by atomic mass is 35.5. The Morgan fingerprint density at radius 1 is 1.08 bits per heavy atom. The number of nitrogens with one attached hydrogen (secondary N) is 1. The van der Waals surface area contributed by atoms with Gasteiger partial charge in [0.15, 0.2) is 5.82 Å². The van der Waals surface area contributed by atoms with E-state index in [1.165, 1.54) is 0 Å². The molecular weight excluding hydrogens is 393 g/mol. The number of thioether (sulfide) groups is 1. The molecule has 0 radical (unpaired) electrons. The summed E-state index contributed by atoms with van der Waals surface area (Å²) in [5.41, 5.74) is 0.783. The van der Waals surface area contributed by atoms with E-state index in [1.807, 2.05) is 24.3 Å². The summed E-state index contributed by atoms with van der Waals surface area (Å²) in [6.07, 6.45) is 0.873. The molecule has 26 heavy (non-hydrogen) atoms. The van der Waals surface area contributed by atoms with Gasteiger partial charge in [-0.1, -0.05) is 35.0 Å². The van der Waals surface area contributed by atoms with Crippen molar-refractivity contribution in [2.75, 3.05) is 19.5 Å². The number of aromatic amines is 1. The van der Waals surface area contributed by atoms with E-state index in [9.17, 15) is 0 Å². The van der Waals surface area contributed by atoms with E-state index in [-0.39, 0.29) is 0 Å². The molecule has 8 heteroatoms. The van der Waals surface area contributed by atoms with Crippen molar-refractivity contribution in [3.8, 4) is 22.9 Å². The molecule has 0 saturated carbocycles. The maximum Gasteiger partial charge on any atom is 0.208 e. The first kappa shape index (κ1) is 18.9. The fourth-order valence-electron chi connectivity index (χ4n) is 2.24. The van der Waals surface area contributed by atoms with Gasteiger partial charge in [-0.2, -0.15) is 0 Å². The van der Waals surface area contributed by atoms with Crippen molar-refractivity contribution in [2.24, 2.45) is 0 Å². The average molecular weight is 410 g/mol. The van der Waals surface area contributed by atoms with E-state index in [0.29, 0.717) is 33.4 Å². The smallest absolute Gasteiger partial charge is 0.208 e. The zero-order valence-corrected chi connectivity index (χ0v) is 16.4. The summed E-state index contributed by atoms with van der Waals surface area (Å²) in [5, 5.41) is 9.16. The minimum absolute atomic E-state index is 0.616. The number of aromatic nitrogens is 3. The van der Waals surface area contributed by atoms with Crippen LogP contribution in [0.4, 0.5) is 0 Å². The number of benzene rings is 2. The number of H-pyrrole nitrogens is 1. The number of halogens is 2. The van der Waals surface area contributed by atoms with Crippen LogP contribution in [-0.4, -0.2) is 34.7 Å². The van der Waals surface area contributed by atoms with Gasteiger partial charge in [-0.05, 0) is 48.9 Å². The van der Waals surface area contributed by atoms with E-state index in [1.54, 1.807) is 37.1 Å². The number of hydrogen-bond donors (Lipinski definition) is 1. The normalized spacial score (nSPS) is 10.7. The number of hydrogen-bond acceptors (Lipinski definition) is 5. The molecule has 1 N–H and O–H groups in total. The van der Waals surface area contributed by atoms with Crippen molar-refractivity contribution in [3.63, 3.8) is 0 Å². The van der Waals surface area contributed by atoms with E-state index >= 15 is 0 Å². The molecule has 0 atom stereocenters. The quantitative estimate of drug-likeness (QED) is 0.401. The molecule has 3 aromatic rings. The molecule has 5 nitrogen and oxygen atoms in total. The largest absolute Gasteiger partial charge is 0.496 e. The summed E-state index contributed by atoms with van der Waals surface area (Å²) in [5.74, 6) is 2.98. The molecular formula is C18H17Cl2N3O2S. The first-order valence-corrected chi connectivity index (χ1v) is 9.67. The Kier molecular flexibility index (Phi) is 6.66. The third kappa shape index (κ3) is 5.06. The molecule has 0 saturated heterocycles. The summed E-state index contributed by atoms with van der Waals surface area (Å²) in [4.78, 5) is 4.50. The van der Waals surface area contributed by atoms with Crippen molar-refractivity contribution in [1.29, 1.82) is 0 Å². The summed E-state index contributed by atoms with van der Waals surface area (Å²) < 4.78 is 11.0. The fourth-order valence-corrected chi connectivity index (χ4v) is 3.25. The lowest BCUT2D eigenvalue weighted by atomic mass is 10.2. The lowest BCUT2D eigenvalue weighted by Crippen LogP contribution is -1.98.